The van der Waals surface area contributed by atoms with Crippen LogP contribution in [0.4, 0.5) is 0 Å². The molecular weight excluding hydrogens is 684 g/mol. The van der Waals surface area contributed by atoms with Gasteiger partial charge in [-0.25, -0.2) is 0 Å². The van der Waals surface area contributed by atoms with Crippen LogP contribution in [0.2, 0.25) is 0 Å². The summed E-state index contributed by atoms with van der Waals surface area (Å²) in [6.45, 7) is 1.54. The van der Waals surface area contributed by atoms with Gasteiger partial charge in [-0.15, -0.1) is 10.2 Å². The molecule has 16 nitrogen and oxygen atoms in total. The summed E-state index contributed by atoms with van der Waals surface area (Å²) in [5.74, 6) is -1.86. The highest BCUT2D eigenvalue weighted by Gasteiger charge is 2.27. The molecular formula is C37H42N8O8. The molecule has 2 aliphatic rings. The van der Waals surface area contributed by atoms with Gasteiger partial charge < -0.3 is 40.4 Å². The lowest BCUT2D eigenvalue weighted by Crippen LogP contribution is -2.54. The van der Waals surface area contributed by atoms with Crippen LogP contribution in [0.25, 0.3) is 5.69 Å². The van der Waals surface area contributed by atoms with Crippen LogP contribution in [0, 0.1) is 0 Å². The van der Waals surface area contributed by atoms with Crippen molar-refractivity contribution in [2.24, 2.45) is 0 Å². The highest BCUT2D eigenvalue weighted by molar-refractivity contribution is 5.99. The topological polar surface area (TPSA) is 195 Å². The van der Waals surface area contributed by atoms with Gasteiger partial charge in [-0.1, -0.05) is 36.4 Å². The molecule has 2 bridgehead atoms. The second kappa shape index (κ2) is 18.2. The highest BCUT2D eigenvalue weighted by atomic mass is 16.5. The first-order valence-corrected chi connectivity index (χ1v) is 17.0. The lowest BCUT2D eigenvalue weighted by Gasteiger charge is -2.25. The van der Waals surface area contributed by atoms with Crippen molar-refractivity contribution in [3.05, 3.63) is 96.1 Å². The third-order valence-electron chi connectivity index (χ3n) is 8.38. The minimum absolute atomic E-state index is 0.0222. The minimum Gasteiger partial charge on any atom is -0.493 e. The van der Waals surface area contributed by atoms with Crippen LogP contribution < -0.4 is 35.5 Å². The Morgan fingerprint density at radius 2 is 1.58 bits per heavy atom. The molecule has 0 fully saturated rings. The molecule has 0 unspecified atom stereocenters. The molecule has 3 heterocycles. The molecule has 16 heteroatoms. The summed E-state index contributed by atoms with van der Waals surface area (Å²) in [5.41, 5.74) is 1.90. The average molecular weight is 727 g/mol. The molecule has 4 N–H and O–H groups in total. The van der Waals surface area contributed by atoms with Gasteiger partial charge in [0.05, 0.1) is 27.4 Å². The molecule has 2 atom stereocenters. The lowest BCUT2D eigenvalue weighted by atomic mass is 10.0. The number of benzene rings is 3. The number of nitrogens with zero attached hydrogens (tertiary/aromatic N) is 4. The van der Waals surface area contributed by atoms with E-state index in [1.54, 1.807) is 28.8 Å². The molecule has 278 valence electrons. The number of nitrogens with one attached hydrogen (secondary N) is 4. The van der Waals surface area contributed by atoms with Crippen molar-refractivity contribution >= 4 is 29.5 Å². The summed E-state index contributed by atoms with van der Waals surface area (Å²) in [7, 11) is 2.83. The Morgan fingerprint density at radius 3 is 2.28 bits per heavy atom. The summed E-state index contributed by atoms with van der Waals surface area (Å²) in [6, 6.07) is 16.8. The first-order chi connectivity index (χ1) is 25.7. The van der Waals surface area contributed by atoms with Crippen LogP contribution in [0.3, 0.4) is 0 Å². The van der Waals surface area contributed by atoms with Gasteiger partial charge in [0.25, 0.3) is 11.8 Å². The fourth-order valence-corrected chi connectivity index (χ4v) is 5.56. The lowest BCUT2D eigenvalue weighted by molar-refractivity contribution is -0.129. The second-order valence-electron chi connectivity index (χ2n) is 12.1. The van der Waals surface area contributed by atoms with E-state index in [1.807, 2.05) is 30.3 Å². The fraction of sp³-hybridized carbons (Fsp3) is 0.324. The van der Waals surface area contributed by atoms with Gasteiger partial charge in [-0.2, -0.15) is 0 Å². The molecule has 53 heavy (non-hydrogen) atoms. The molecule has 4 aromatic rings. The first-order valence-electron chi connectivity index (χ1n) is 17.0. The Kier molecular flexibility index (Phi) is 13.0. The first kappa shape index (κ1) is 37.8. The summed E-state index contributed by atoms with van der Waals surface area (Å²) in [5, 5.41) is 18.7. The Hall–Kier alpha value is -6.45. The predicted molar refractivity (Wildman–Crippen MR) is 192 cm³/mol. The number of rotatable bonds is 6. The van der Waals surface area contributed by atoms with Crippen molar-refractivity contribution in [2.75, 3.05) is 47.0 Å². The zero-order valence-electron chi connectivity index (χ0n) is 29.7. The maximum absolute atomic E-state index is 13.8. The molecule has 6 rings (SSSR count). The number of ether oxygens (including phenoxy) is 3. The van der Waals surface area contributed by atoms with Crippen LogP contribution in [0.5, 0.6) is 17.2 Å². The fourth-order valence-electron chi connectivity index (χ4n) is 5.56. The van der Waals surface area contributed by atoms with Gasteiger partial charge in [-0.3, -0.25) is 28.5 Å². The number of methoxy groups -OCH3 is 2. The zero-order chi connectivity index (χ0) is 37.7. The molecule has 2 aliphatic heterocycles. The Balaban J connectivity index is 1.41. The largest absolute Gasteiger partial charge is 0.493 e. The van der Waals surface area contributed by atoms with E-state index in [9.17, 15) is 24.0 Å². The number of carbonyl (C=O) groups is 5. The number of aromatic nitrogens is 3. The number of carbonyl (C=O) groups excluding carboxylic acids is 5. The normalized spacial score (nSPS) is 17.9. The van der Waals surface area contributed by atoms with Crippen LogP contribution >= 0.6 is 0 Å². The maximum Gasteiger partial charge on any atom is 0.254 e. The molecule has 0 radical (unpaired) electrons. The minimum atomic E-state index is -1.04. The van der Waals surface area contributed by atoms with E-state index >= 15 is 0 Å². The molecule has 3 aromatic carbocycles. The molecule has 0 aliphatic carbocycles. The van der Waals surface area contributed by atoms with E-state index in [1.165, 1.54) is 50.8 Å². The van der Waals surface area contributed by atoms with E-state index < -0.39 is 41.6 Å². The molecule has 0 saturated carbocycles. The van der Waals surface area contributed by atoms with Crippen LogP contribution in [-0.4, -0.2) is 108 Å². The van der Waals surface area contributed by atoms with E-state index in [2.05, 4.69) is 31.5 Å². The quantitative estimate of drug-likeness (QED) is 0.210. The summed E-state index contributed by atoms with van der Waals surface area (Å²) in [6.07, 6.45) is 3.54. The van der Waals surface area contributed by atoms with Crippen molar-refractivity contribution in [3.63, 3.8) is 0 Å². The average Bonchev–Trinajstić information content (AvgIpc) is 3.72. The third-order valence-corrected chi connectivity index (χ3v) is 8.38. The van der Waals surface area contributed by atoms with Crippen molar-refractivity contribution in [2.45, 2.75) is 31.8 Å². The van der Waals surface area contributed by atoms with Gasteiger partial charge in [0.2, 0.25) is 23.5 Å². The second-order valence-corrected chi connectivity index (χ2v) is 12.1. The van der Waals surface area contributed by atoms with Gasteiger partial charge in [-0.05, 0) is 49.2 Å². The summed E-state index contributed by atoms with van der Waals surface area (Å²) in [4.78, 5) is 68.7. The third kappa shape index (κ3) is 10.1. The standard InChI is InChI=1S/C37H42N8O8/c1-24-34(47)43-29(17-25-9-5-4-6-10-25)36(49)39-14-15-44(37(50)26-11-7-12-28(18-26)45-22-40-41-23-45)21-32(46)38-13-8-16-53-33-30(51-2)19-27(35(48)42-24)20-31(33)52-3/h4-7,9-12,18-20,22-24,29H,8,13-17,21H2,1-3H3,(H,38,46)(H,39,49)(H,42,48)(H,43,47)/t24-,29+/m0/s1. The van der Waals surface area contributed by atoms with Crippen molar-refractivity contribution < 1.29 is 38.2 Å². The van der Waals surface area contributed by atoms with Crippen molar-refractivity contribution in [3.8, 4) is 22.9 Å². The number of amides is 5. The summed E-state index contributed by atoms with van der Waals surface area (Å²) >= 11 is 0. The smallest absolute Gasteiger partial charge is 0.254 e. The Labute approximate surface area is 306 Å². The summed E-state index contributed by atoms with van der Waals surface area (Å²) < 4.78 is 18.6. The molecule has 5 amide bonds. The SMILES string of the molecule is COc1cc2cc(OC)c1OCCCNC(=O)CN(C(=O)c1cccc(-n3cnnc3)c1)CCNC(=O)[C@@H](Cc1ccccc1)NC(=O)[C@H](C)NC2=O. The molecule has 0 spiro atoms. The van der Waals surface area contributed by atoms with Gasteiger partial charge in [0.15, 0.2) is 11.5 Å². The predicted octanol–water partition coefficient (Wildman–Crippen LogP) is 1.29. The Bertz CT molecular complexity index is 1880. The number of hydrogen-bond donors (Lipinski definition) is 4. The zero-order valence-corrected chi connectivity index (χ0v) is 29.7. The van der Waals surface area contributed by atoms with Crippen LogP contribution in [0.15, 0.2) is 79.4 Å². The van der Waals surface area contributed by atoms with Crippen molar-refractivity contribution in [1.29, 1.82) is 0 Å². The molecule has 1 aromatic heterocycles. The van der Waals surface area contributed by atoms with Crippen LogP contribution in [-0.2, 0) is 20.8 Å². The van der Waals surface area contributed by atoms with E-state index in [0.29, 0.717) is 17.7 Å². The van der Waals surface area contributed by atoms with Gasteiger partial charge in [0.1, 0.15) is 24.7 Å². The Morgan fingerprint density at radius 1 is 0.868 bits per heavy atom. The number of hydrogen-bond acceptors (Lipinski definition) is 10. The van der Waals surface area contributed by atoms with Gasteiger partial charge >= 0.3 is 0 Å². The number of fused-ring (bicyclic) bond motifs is 19. The van der Waals surface area contributed by atoms with E-state index in [0.717, 1.165) is 5.56 Å². The maximum atomic E-state index is 13.8. The highest BCUT2D eigenvalue weighted by Crippen LogP contribution is 2.38. The molecule has 0 saturated heterocycles. The monoisotopic (exact) mass is 726 g/mol. The van der Waals surface area contributed by atoms with E-state index in [-0.39, 0.29) is 62.0 Å². The van der Waals surface area contributed by atoms with Gasteiger partial charge in [0, 0.05) is 42.9 Å². The van der Waals surface area contributed by atoms with Crippen molar-refractivity contribution in [1.82, 2.24) is 40.9 Å². The van der Waals surface area contributed by atoms with Crippen LogP contribution in [0.1, 0.15) is 39.6 Å². The van der Waals surface area contributed by atoms with E-state index in [4.69, 9.17) is 14.2 Å².